The number of nitrogens with one attached hydrogen (secondary N) is 1. The lowest BCUT2D eigenvalue weighted by Gasteiger charge is -2.23. The lowest BCUT2D eigenvalue weighted by molar-refractivity contribution is 0.0742. The van der Waals surface area contributed by atoms with Crippen LogP contribution >= 0.6 is 0 Å². The second-order valence-corrected chi connectivity index (χ2v) is 8.74. The molecule has 1 heterocycles. The lowest BCUT2D eigenvalue weighted by Crippen LogP contribution is -2.32. The van der Waals surface area contributed by atoms with Gasteiger partial charge in [-0.2, -0.15) is 0 Å². The number of benzene rings is 3. The van der Waals surface area contributed by atoms with Gasteiger partial charge in [-0.1, -0.05) is 68.4 Å². The van der Waals surface area contributed by atoms with E-state index in [9.17, 15) is 9.59 Å². The van der Waals surface area contributed by atoms with E-state index in [-0.39, 0.29) is 11.5 Å². The molecule has 0 atom stereocenters. The van der Waals surface area contributed by atoms with E-state index in [4.69, 9.17) is 4.42 Å². The second-order valence-electron chi connectivity index (χ2n) is 8.74. The first kappa shape index (κ1) is 23.3. The van der Waals surface area contributed by atoms with Gasteiger partial charge in [0.05, 0.1) is 5.69 Å². The van der Waals surface area contributed by atoms with Crippen molar-refractivity contribution in [1.29, 1.82) is 0 Å². The molecule has 0 aliphatic rings. The number of nitrogens with zero attached hydrogens (tertiary/aromatic N) is 1. The quantitative estimate of drug-likeness (QED) is 0.247. The number of anilines is 1. The molecule has 3 aromatic carbocycles. The third kappa shape index (κ3) is 5.73. The summed E-state index contributed by atoms with van der Waals surface area (Å²) in [5, 5.41) is 4.21. The zero-order valence-electron chi connectivity index (χ0n) is 19.7. The number of amides is 1. The average Bonchev–Trinajstić information content (AvgIpc) is 2.86. The first-order valence-electron chi connectivity index (χ1n) is 11.7. The summed E-state index contributed by atoms with van der Waals surface area (Å²) in [7, 11) is 0. The van der Waals surface area contributed by atoms with Gasteiger partial charge in [0.2, 0.25) is 0 Å². The fourth-order valence-electron chi connectivity index (χ4n) is 4.00. The summed E-state index contributed by atoms with van der Waals surface area (Å²) in [4.78, 5) is 27.2. The lowest BCUT2D eigenvalue weighted by atomic mass is 10.0. The maximum absolute atomic E-state index is 13.4. The molecule has 4 aromatic rings. The molecule has 0 bridgehead atoms. The molecule has 1 aromatic heterocycles. The predicted molar refractivity (Wildman–Crippen MR) is 137 cm³/mol. The molecule has 5 heteroatoms. The standard InChI is InChI=1S/C29H30N2O3/c1-21(2)23-13-15-24(16-14-23)29(33)31(20-22-9-4-3-5-10-22)18-8-17-30-26-19-28(32)34-27-12-7-6-11-25(26)27/h3-7,9-16,19,21,30H,8,17-18,20H2,1-2H3. The Kier molecular flexibility index (Phi) is 7.43. The SMILES string of the molecule is CC(C)c1ccc(C(=O)N(CCCNc2cc(=O)oc3ccccc23)Cc2ccccc2)cc1. The first-order valence-corrected chi connectivity index (χ1v) is 11.7. The van der Waals surface area contributed by atoms with Gasteiger partial charge in [-0.3, -0.25) is 4.79 Å². The van der Waals surface area contributed by atoms with Crippen LogP contribution in [-0.2, 0) is 6.54 Å². The number of rotatable bonds is 9. The Morgan fingerprint density at radius 2 is 1.65 bits per heavy atom. The van der Waals surface area contributed by atoms with Gasteiger partial charge in [0, 0.05) is 36.7 Å². The summed E-state index contributed by atoms with van der Waals surface area (Å²) in [6.45, 7) is 6.05. The summed E-state index contributed by atoms with van der Waals surface area (Å²) < 4.78 is 5.27. The van der Waals surface area contributed by atoms with Gasteiger partial charge in [0.15, 0.2) is 0 Å². The van der Waals surface area contributed by atoms with Crippen molar-refractivity contribution < 1.29 is 9.21 Å². The van der Waals surface area contributed by atoms with E-state index in [1.807, 2.05) is 77.7 Å². The van der Waals surface area contributed by atoms with Crippen molar-refractivity contribution in [3.8, 4) is 0 Å². The Hall–Kier alpha value is -3.86. The van der Waals surface area contributed by atoms with Crippen molar-refractivity contribution >= 4 is 22.6 Å². The van der Waals surface area contributed by atoms with Crippen LogP contribution in [-0.4, -0.2) is 23.9 Å². The molecule has 1 amide bonds. The molecule has 0 unspecified atom stereocenters. The number of carbonyl (C=O) groups excluding carboxylic acids is 1. The Morgan fingerprint density at radius 1 is 0.941 bits per heavy atom. The van der Waals surface area contributed by atoms with E-state index in [0.29, 0.717) is 36.7 Å². The molecule has 0 saturated carbocycles. The van der Waals surface area contributed by atoms with E-state index in [1.165, 1.54) is 11.6 Å². The summed E-state index contributed by atoms with van der Waals surface area (Å²) in [5.74, 6) is 0.442. The molecule has 1 N–H and O–H groups in total. The van der Waals surface area contributed by atoms with Crippen molar-refractivity contribution in [1.82, 2.24) is 4.90 Å². The predicted octanol–water partition coefficient (Wildman–Crippen LogP) is 6.06. The largest absolute Gasteiger partial charge is 0.423 e. The summed E-state index contributed by atoms with van der Waals surface area (Å²) >= 11 is 0. The van der Waals surface area contributed by atoms with E-state index >= 15 is 0 Å². The van der Waals surface area contributed by atoms with Gasteiger partial charge in [0.1, 0.15) is 5.58 Å². The van der Waals surface area contributed by atoms with Crippen molar-refractivity contribution in [3.63, 3.8) is 0 Å². The average molecular weight is 455 g/mol. The number of para-hydroxylation sites is 1. The zero-order valence-corrected chi connectivity index (χ0v) is 19.7. The van der Waals surface area contributed by atoms with Crippen molar-refractivity contribution in [2.45, 2.75) is 32.7 Å². The maximum Gasteiger partial charge on any atom is 0.338 e. The summed E-state index contributed by atoms with van der Waals surface area (Å²) in [6.07, 6.45) is 0.733. The first-order chi connectivity index (χ1) is 16.5. The Balaban J connectivity index is 1.45. The van der Waals surface area contributed by atoms with Crippen LogP contribution in [0.25, 0.3) is 11.0 Å². The zero-order chi connectivity index (χ0) is 23.9. The molecule has 0 fully saturated rings. The minimum Gasteiger partial charge on any atom is -0.423 e. The highest BCUT2D eigenvalue weighted by Crippen LogP contribution is 2.21. The minimum absolute atomic E-state index is 0.0185. The molecule has 5 nitrogen and oxygen atoms in total. The number of carbonyl (C=O) groups is 1. The molecule has 34 heavy (non-hydrogen) atoms. The van der Waals surface area contributed by atoms with Crippen molar-refractivity contribution in [2.24, 2.45) is 0 Å². The molecular formula is C29H30N2O3. The van der Waals surface area contributed by atoms with Gasteiger partial charge >= 0.3 is 5.63 Å². The van der Waals surface area contributed by atoms with Crippen molar-refractivity contribution in [3.05, 3.63) is 112 Å². The number of fused-ring (bicyclic) bond motifs is 1. The molecule has 174 valence electrons. The molecule has 0 aliphatic carbocycles. The van der Waals surface area contributed by atoms with Gasteiger partial charge in [-0.05, 0) is 47.7 Å². The van der Waals surface area contributed by atoms with Crippen LogP contribution in [0.1, 0.15) is 47.7 Å². The van der Waals surface area contributed by atoms with Gasteiger partial charge in [0.25, 0.3) is 5.91 Å². The van der Waals surface area contributed by atoms with Gasteiger partial charge in [-0.15, -0.1) is 0 Å². The van der Waals surface area contributed by atoms with Crippen molar-refractivity contribution in [2.75, 3.05) is 18.4 Å². The Labute approximate surface area is 200 Å². The molecule has 4 rings (SSSR count). The summed E-state index contributed by atoms with van der Waals surface area (Å²) in [5.41, 5.74) is 3.93. The topological polar surface area (TPSA) is 62.6 Å². The number of hydrogen-bond acceptors (Lipinski definition) is 4. The molecule has 0 radical (unpaired) electrons. The fourth-order valence-corrected chi connectivity index (χ4v) is 4.00. The second kappa shape index (κ2) is 10.8. The van der Waals surface area contributed by atoms with Gasteiger partial charge < -0.3 is 14.6 Å². The Bertz CT molecular complexity index is 1290. The van der Waals surface area contributed by atoms with E-state index in [1.54, 1.807) is 6.07 Å². The monoisotopic (exact) mass is 454 g/mol. The van der Waals surface area contributed by atoms with Crippen LogP contribution in [0, 0.1) is 0 Å². The molecule has 0 saturated heterocycles. The third-order valence-corrected chi connectivity index (χ3v) is 5.90. The smallest absolute Gasteiger partial charge is 0.338 e. The molecule has 0 spiro atoms. The highest BCUT2D eigenvalue weighted by Gasteiger charge is 2.16. The van der Waals surface area contributed by atoms with E-state index in [0.717, 1.165) is 23.1 Å². The summed E-state index contributed by atoms with van der Waals surface area (Å²) in [6, 6.07) is 26.9. The third-order valence-electron chi connectivity index (χ3n) is 5.90. The minimum atomic E-state index is -0.382. The van der Waals surface area contributed by atoms with Crippen LogP contribution in [0.5, 0.6) is 0 Å². The highest BCUT2D eigenvalue weighted by molar-refractivity contribution is 5.94. The maximum atomic E-state index is 13.4. The number of hydrogen-bond donors (Lipinski definition) is 1. The van der Waals surface area contributed by atoms with Crippen LogP contribution in [0.4, 0.5) is 5.69 Å². The Morgan fingerprint density at radius 3 is 2.38 bits per heavy atom. The van der Waals surface area contributed by atoms with Crippen LogP contribution in [0.3, 0.4) is 0 Å². The van der Waals surface area contributed by atoms with Crippen LogP contribution < -0.4 is 10.9 Å². The molecule has 0 aliphatic heterocycles. The van der Waals surface area contributed by atoms with Gasteiger partial charge in [-0.25, -0.2) is 4.79 Å². The van der Waals surface area contributed by atoms with E-state index in [2.05, 4.69) is 19.2 Å². The fraction of sp³-hybridized carbons (Fsp3) is 0.241. The highest BCUT2D eigenvalue weighted by atomic mass is 16.4. The normalized spacial score (nSPS) is 11.0. The van der Waals surface area contributed by atoms with Crippen LogP contribution in [0.2, 0.25) is 0 Å². The van der Waals surface area contributed by atoms with E-state index < -0.39 is 0 Å². The molecular weight excluding hydrogens is 424 g/mol. The van der Waals surface area contributed by atoms with Crippen LogP contribution in [0.15, 0.2) is 94.1 Å².